The van der Waals surface area contributed by atoms with Crippen LogP contribution in [-0.4, -0.2) is 11.1 Å². The molecular formula is C14H18O3. The molecule has 0 amide bonds. The van der Waals surface area contributed by atoms with Crippen molar-refractivity contribution in [2.24, 2.45) is 0 Å². The van der Waals surface area contributed by atoms with Gasteiger partial charge in [-0.25, -0.2) is 4.79 Å². The zero-order valence-corrected chi connectivity index (χ0v) is 10.7. The van der Waals surface area contributed by atoms with Crippen molar-refractivity contribution in [1.82, 2.24) is 0 Å². The Kier molecular flexibility index (Phi) is 3.61. The first-order valence-electron chi connectivity index (χ1n) is 5.44. The number of esters is 1. The van der Waals surface area contributed by atoms with E-state index in [2.05, 4.69) is 6.58 Å². The Morgan fingerprint density at radius 1 is 1.41 bits per heavy atom. The lowest BCUT2D eigenvalue weighted by Gasteiger charge is -2.22. The molecule has 0 radical (unpaired) electrons. The Morgan fingerprint density at radius 2 is 2.00 bits per heavy atom. The number of phenols is 1. The monoisotopic (exact) mass is 234 g/mol. The summed E-state index contributed by atoms with van der Waals surface area (Å²) >= 11 is 0. The molecule has 0 spiro atoms. The van der Waals surface area contributed by atoms with Gasteiger partial charge in [-0.2, -0.15) is 0 Å². The van der Waals surface area contributed by atoms with Gasteiger partial charge in [-0.05, 0) is 24.0 Å². The van der Waals surface area contributed by atoms with Crippen LogP contribution in [0.3, 0.4) is 0 Å². The molecule has 17 heavy (non-hydrogen) atoms. The van der Waals surface area contributed by atoms with Gasteiger partial charge in [0.15, 0.2) is 11.5 Å². The van der Waals surface area contributed by atoms with E-state index in [0.717, 1.165) is 17.2 Å². The fourth-order valence-electron chi connectivity index (χ4n) is 1.55. The third-order valence-corrected chi connectivity index (χ3v) is 2.40. The zero-order valence-electron chi connectivity index (χ0n) is 10.7. The standard InChI is InChI=1S/C14H18O3/c1-6-12(15)17-11-8-9(2)7-10(13(11)16)14(3,4)5/h6-8,16H,1H2,2-5H3. The van der Waals surface area contributed by atoms with Gasteiger partial charge in [0.05, 0.1) is 0 Å². The van der Waals surface area contributed by atoms with Gasteiger partial charge in [0.2, 0.25) is 0 Å². The number of hydrogen-bond donors (Lipinski definition) is 1. The van der Waals surface area contributed by atoms with Crippen LogP contribution in [-0.2, 0) is 10.2 Å². The highest BCUT2D eigenvalue weighted by Crippen LogP contribution is 2.38. The van der Waals surface area contributed by atoms with Gasteiger partial charge < -0.3 is 9.84 Å². The highest BCUT2D eigenvalue weighted by Gasteiger charge is 2.22. The van der Waals surface area contributed by atoms with E-state index in [1.807, 2.05) is 33.8 Å². The van der Waals surface area contributed by atoms with E-state index < -0.39 is 5.97 Å². The minimum absolute atomic E-state index is 0.0123. The summed E-state index contributed by atoms with van der Waals surface area (Å²) < 4.78 is 5.00. The summed E-state index contributed by atoms with van der Waals surface area (Å²) in [5, 5.41) is 10.1. The van der Waals surface area contributed by atoms with Gasteiger partial charge >= 0.3 is 5.97 Å². The van der Waals surface area contributed by atoms with Crippen LogP contribution in [0.15, 0.2) is 24.8 Å². The average Bonchev–Trinajstić information content (AvgIpc) is 2.21. The van der Waals surface area contributed by atoms with Gasteiger partial charge in [-0.15, -0.1) is 0 Å². The molecule has 92 valence electrons. The molecule has 1 aromatic carbocycles. The molecule has 1 rings (SSSR count). The van der Waals surface area contributed by atoms with Crippen LogP contribution in [0.2, 0.25) is 0 Å². The van der Waals surface area contributed by atoms with E-state index in [1.165, 1.54) is 0 Å². The minimum atomic E-state index is -0.578. The van der Waals surface area contributed by atoms with Crippen LogP contribution < -0.4 is 4.74 Å². The number of rotatable bonds is 2. The number of aromatic hydroxyl groups is 1. The number of carbonyl (C=O) groups is 1. The molecule has 0 aliphatic heterocycles. The normalized spacial score (nSPS) is 11.1. The number of ether oxygens (including phenoxy) is 1. The van der Waals surface area contributed by atoms with E-state index in [-0.39, 0.29) is 16.9 Å². The summed E-state index contributed by atoms with van der Waals surface area (Å²) in [6.07, 6.45) is 1.07. The molecule has 1 N–H and O–H groups in total. The van der Waals surface area contributed by atoms with Gasteiger partial charge in [0.25, 0.3) is 0 Å². The summed E-state index contributed by atoms with van der Waals surface area (Å²) in [7, 11) is 0. The van der Waals surface area contributed by atoms with Gasteiger partial charge in [-0.3, -0.25) is 0 Å². The second kappa shape index (κ2) is 4.62. The van der Waals surface area contributed by atoms with E-state index in [0.29, 0.717) is 0 Å². The Balaban J connectivity index is 3.28. The fraction of sp³-hybridized carbons (Fsp3) is 0.357. The fourth-order valence-corrected chi connectivity index (χ4v) is 1.55. The average molecular weight is 234 g/mol. The number of carbonyl (C=O) groups excluding carboxylic acids is 1. The van der Waals surface area contributed by atoms with Crippen LogP contribution in [0.1, 0.15) is 31.9 Å². The highest BCUT2D eigenvalue weighted by molar-refractivity contribution is 5.84. The maximum Gasteiger partial charge on any atom is 0.335 e. The highest BCUT2D eigenvalue weighted by atomic mass is 16.5. The molecule has 0 bridgehead atoms. The molecule has 0 saturated carbocycles. The third-order valence-electron chi connectivity index (χ3n) is 2.40. The minimum Gasteiger partial charge on any atom is -0.504 e. The van der Waals surface area contributed by atoms with Crippen LogP contribution in [0.5, 0.6) is 11.5 Å². The van der Waals surface area contributed by atoms with Crippen molar-refractivity contribution >= 4 is 5.97 Å². The topological polar surface area (TPSA) is 46.5 Å². The zero-order chi connectivity index (χ0) is 13.2. The largest absolute Gasteiger partial charge is 0.504 e. The van der Waals surface area contributed by atoms with E-state index in [9.17, 15) is 9.90 Å². The number of phenolic OH excluding ortho intramolecular Hbond substituents is 1. The summed E-state index contributed by atoms with van der Waals surface area (Å²) in [6.45, 7) is 11.2. The molecule has 0 atom stereocenters. The van der Waals surface area contributed by atoms with Gasteiger partial charge in [0, 0.05) is 11.6 Å². The van der Waals surface area contributed by atoms with Crippen LogP contribution >= 0.6 is 0 Å². The van der Waals surface area contributed by atoms with E-state index >= 15 is 0 Å². The van der Waals surface area contributed by atoms with Gasteiger partial charge in [-0.1, -0.05) is 33.4 Å². The molecule has 0 unspecified atom stereocenters. The SMILES string of the molecule is C=CC(=O)Oc1cc(C)cc(C(C)(C)C)c1O. The second-order valence-corrected chi connectivity index (χ2v) is 5.03. The van der Waals surface area contributed by atoms with E-state index in [4.69, 9.17) is 4.74 Å². The van der Waals surface area contributed by atoms with Crippen molar-refractivity contribution in [1.29, 1.82) is 0 Å². The molecule has 0 saturated heterocycles. The van der Waals surface area contributed by atoms with Crippen molar-refractivity contribution in [3.8, 4) is 11.5 Å². The molecule has 0 aromatic heterocycles. The van der Waals surface area contributed by atoms with Gasteiger partial charge in [0.1, 0.15) is 0 Å². The predicted molar refractivity (Wildman–Crippen MR) is 67.4 cm³/mol. The first-order valence-corrected chi connectivity index (χ1v) is 5.44. The lowest BCUT2D eigenvalue weighted by atomic mass is 9.85. The molecule has 0 aliphatic rings. The molecule has 0 fully saturated rings. The quantitative estimate of drug-likeness (QED) is 0.486. The summed E-state index contributed by atoms with van der Waals surface area (Å²) in [6, 6.07) is 3.52. The molecule has 0 heterocycles. The Hall–Kier alpha value is -1.77. The number of hydrogen-bond acceptors (Lipinski definition) is 3. The Labute approximate surface area is 102 Å². The lowest BCUT2D eigenvalue weighted by Crippen LogP contribution is -2.13. The van der Waals surface area contributed by atoms with Crippen molar-refractivity contribution < 1.29 is 14.6 Å². The third kappa shape index (κ3) is 3.09. The van der Waals surface area contributed by atoms with Crippen molar-refractivity contribution in [2.45, 2.75) is 33.1 Å². The van der Waals surface area contributed by atoms with Crippen LogP contribution in [0.25, 0.3) is 0 Å². The molecule has 3 heteroatoms. The summed E-state index contributed by atoms with van der Waals surface area (Å²) in [4.78, 5) is 11.2. The number of aryl methyl sites for hydroxylation is 1. The summed E-state index contributed by atoms with van der Waals surface area (Å²) in [5.41, 5.74) is 1.47. The van der Waals surface area contributed by atoms with Crippen molar-refractivity contribution in [2.75, 3.05) is 0 Å². The van der Waals surface area contributed by atoms with Crippen molar-refractivity contribution in [3.63, 3.8) is 0 Å². The molecular weight excluding hydrogens is 216 g/mol. The summed E-state index contributed by atoms with van der Waals surface area (Å²) in [5.74, 6) is -0.385. The Bertz CT molecular complexity index is 453. The first kappa shape index (κ1) is 13.3. The van der Waals surface area contributed by atoms with Crippen molar-refractivity contribution in [3.05, 3.63) is 35.9 Å². The molecule has 1 aromatic rings. The second-order valence-electron chi connectivity index (χ2n) is 5.03. The van der Waals surface area contributed by atoms with E-state index in [1.54, 1.807) is 6.07 Å². The van der Waals surface area contributed by atoms with Crippen LogP contribution in [0.4, 0.5) is 0 Å². The smallest absolute Gasteiger partial charge is 0.335 e. The molecule has 0 aliphatic carbocycles. The molecule has 3 nitrogen and oxygen atoms in total. The number of benzene rings is 1. The maximum atomic E-state index is 11.2. The first-order chi connectivity index (χ1) is 7.75. The van der Waals surface area contributed by atoms with Crippen LogP contribution in [0, 0.1) is 6.92 Å². The maximum absolute atomic E-state index is 11.2. The lowest BCUT2D eigenvalue weighted by molar-refractivity contribution is -0.129. The predicted octanol–water partition coefficient (Wildman–Crippen LogP) is 3.09. The Morgan fingerprint density at radius 3 is 2.47 bits per heavy atom.